The number of aromatic nitrogens is 2. The molecular formula is C20H21N3O3S. The molecule has 0 radical (unpaired) electrons. The molecule has 0 unspecified atom stereocenters. The van der Waals surface area contributed by atoms with Gasteiger partial charge in [0.25, 0.3) is 5.91 Å². The zero-order valence-corrected chi connectivity index (χ0v) is 15.8. The Morgan fingerprint density at radius 2 is 1.78 bits per heavy atom. The molecule has 0 bridgehead atoms. The second-order valence-corrected chi connectivity index (χ2v) is 8.22. The molecule has 0 saturated heterocycles. The molecule has 1 amide bonds. The summed E-state index contributed by atoms with van der Waals surface area (Å²) in [6.45, 7) is 1.07. The SMILES string of the molecule is CS(=O)(=O)c1ccccc1C(=O)NCCc1nccn1Cc1ccccc1. The minimum atomic E-state index is -3.47. The van der Waals surface area contributed by atoms with Crippen molar-refractivity contribution in [1.29, 1.82) is 0 Å². The molecule has 0 spiro atoms. The predicted molar refractivity (Wildman–Crippen MR) is 103 cm³/mol. The van der Waals surface area contributed by atoms with E-state index in [1.807, 2.05) is 41.1 Å². The van der Waals surface area contributed by atoms with Crippen LogP contribution in [0.2, 0.25) is 0 Å². The van der Waals surface area contributed by atoms with E-state index in [1.54, 1.807) is 18.3 Å². The third-order valence-corrected chi connectivity index (χ3v) is 5.32. The van der Waals surface area contributed by atoms with Crippen molar-refractivity contribution in [2.75, 3.05) is 12.8 Å². The summed E-state index contributed by atoms with van der Waals surface area (Å²) in [5, 5.41) is 2.78. The largest absolute Gasteiger partial charge is 0.352 e. The van der Waals surface area contributed by atoms with Crippen LogP contribution in [0.3, 0.4) is 0 Å². The van der Waals surface area contributed by atoms with Gasteiger partial charge in [-0.1, -0.05) is 42.5 Å². The fraction of sp³-hybridized carbons (Fsp3) is 0.200. The summed E-state index contributed by atoms with van der Waals surface area (Å²) >= 11 is 0. The van der Waals surface area contributed by atoms with Crippen molar-refractivity contribution in [1.82, 2.24) is 14.9 Å². The average Bonchev–Trinajstić information content (AvgIpc) is 3.09. The smallest absolute Gasteiger partial charge is 0.252 e. The van der Waals surface area contributed by atoms with Crippen molar-refractivity contribution in [2.24, 2.45) is 0 Å². The number of nitrogens with one attached hydrogen (secondary N) is 1. The highest BCUT2D eigenvalue weighted by atomic mass is 32.2. The van der Waals surface area contributed by atoms with Crippen LogP contribution in [0.25, 0.3) is 0 Å². The fourth-order valence-electron chi connectivity index (χ4n) is 2.85. The van der Waals surface area contributed by atoms with Gasteiger partial charge in [0.1, 0.15) is 5.82 Å². The molecule has 3 rings (SSSR count). The van der Waals surface area contributed by atoms with E-state index in [1.165, 1.54) is 17.7 Å². The minimum Gasteiger partial charge on any atom is -0.352 e. The van der Waals surface area contributed by atoms with Gasteiger partial charge in [-0.3, -0.25) is 4.79 Å². The molecule has 2 aromatic carbocycles. The predicted octanol–water partition coefficient (Wildman–Crippen LogP) is 2.31. The van der Waals surface area contributed by atoms with Gasteiger partial charge in [0, 0.05) is 38.2 Å². The quantitative estimate of drug-likeness (QED) is 0.679. The Balaban J connectivity index is 1.63. The van der Waals surface area contributed by atoms with Gasteiger partial charge >= 0.3 is 0 Å². The summed E-state index contributed by atoms with van der Waals surface area (Å²) in [7, 11) is -3.47. The van der Waals surface area contributed by atoms with Gasteiger partial charge in [-0.15, -0.1) is 0 Å². The molecule has 0 aliphatic carbocycles. The molecule has 6 nitrogen and oxygen atoms in total. The third kappa shape index (κ3) is 4.83. The zero-order valence-electron chi connectivity index (χ0n) is 15.0. The molecule has 3 aromatic rings. The monoisotopic (exact) mass is 383 g/mol. The maximum absolute atomic E-state index is 12.4. The van der Waals surface area contributed by atoms with E-state index in [0.717, 1.165) is 12.1 Å². The van der Waals surface area contributed by atoms with Gasteiger partial charge in [0.2, 0.25) is 0 Å². The van der Waals surface area contributed by atoms with Crippen LogP contribution in [0.5, 0.6) is 0 Å². The summed E-state index contributed by atoms with van der Waals surface area (Å²) in [6.07, 6.45) is 5.29. The first-order valence-corrected chi connectivity index (χ1v) is 10.5. The lowest BCUT2D eigenvalue weighted by Crippen LogP contribution is -2.28. The Kier molecular flexibility index (Phi) is 5.71. The molecule has 0 aliphatic rings. The first-order chi connectivity index (χ1) is 12.9. The van der Waals surface area contributed by atoms with E-state index in [0.29, 0.717) is 19.5 Å². The second kappa shape index (κ2) is 8.18. The molecule has 7 heteroatoms. The number of amides is 1. The standard InChI is InChI=1S/C20H21N3O3S/c1-27(25,26)18-10-6-5-9-17(18)20(24)22-12-11-19-21-13-14-23(19)15-16-7-3-2-4-8-16/h2-10,13-14H,11-12,15H2,1H3,(H,22,24). The summed E-state index contributed by atoms with van der Waals surface area (Å²) in [5.41, 5.74) is 1.33. The van der Waals surface area contributed by atoms with E-state index in [-0.39, 0.29) is 10.5 Å². The Morgan fingerprint density at radius 1 is 1.07 bits per heavy atom. The van der Waals surface area contributed by atoms with Crippen molar-refractivity contribution in [3.05, 3.63) is 83.9 Å². The molecule has 1 heterocycles. The van der Waals surface area contributed by atoms with E-state index >= 15 is 0 Å². The first-order valence-electron chi connectivity index (χ1n) is 8.56. The Hall–Kier alpha value is -2.93. The Morgan fingerprint density at radius 3 is 2.52 bits per heavy atom. The van der Waals surface area contributed by atoms with Crippen LogP contribution in [0.15, 0.2) is 71.9 Å². The maximum Gasteiger partial charge on any atom is 0.252 e. The highest BCUT2D eigenvalue weighted by Crippen LogP contribution is 2.15. The van der Waals surface area contributed by atoms with Crippen LogP contribution >= 0.6 is 0 Å². The topological polar surface area (TPSA) is 81.1 Å². The van der Waals surface area contributed by atoms with Gasteiger partial charge in [0.05, 0.1) is 10.5 Å². The lowest BCUT2D eigenvalue weighted by molar-refractivity contribution is 0.0950. The van der Waals surface area contributed by atoms with Gasteiger partial charge < -0.3 is 9.88 Å². The van der Waals surface area contributed by atoms with Crippen LogP contribution in [-0.2, 0) is 22.8 Å². The number of sulfone groups is 1. The molecule has 0 fully saturated rings. The number of nitrogens with zero attached hydrogens (tertiary/aromatic N) is 2. The second-order valence-electron chi connectivity index (χ2n) is 6.23. The maximum atomic E-state index is 12.4. The number of rotatable bonds is 7. The van der Waals surface area contributed by atoms with Crippen LogP contribution in [0, 0.1) is 0 Å². The molecule has 1 N–H and O–H groups in total. The minimum absolute atomic E-state index is 0.0353. The zero-order chi connectivity index (χ0) is 19.3. The third-order valence-electron chi connectivity index (χ3n) is 4.16. The number of benzene rings is 2. The van der Waals surface area contributed by atoms with Gasteiger partial charge in [-0.25, -0.2) is 13.4 Å². The van der Waals surface area contributed by atoms with Crippen LogP contribution < -0.4 is 5.32 Å². The number of carbonyl (C=O) groups excluding carboxylic acids is 1. The lowest BCUT2D eigenvalue weighted by Gasteiger charge is -2.10. The number of hydrogen-bond acceptors (Lipinski definition) is 4. The van der Waals surface area contributed by atoms with Crippen LogP contribution in [-0.4, -0.2) is 36.7 Å². The van der Waals surface area contributed by atoms with E-state index in [9.17, 15) is 13.2 Å². The molecular weight excluding hydrogens is 362 g/mol. The Bertz CT molecular complexity index is 1030. The number of hydrogen-bond donors (Lipinski definition) is 1. The van der Waals surface area contributed by atoms with E-state index in [4.69, 9.17) is 0 Å². The molecule has 1 aromatic heterocycles. The van der Waals surface area contributed by atoms with Crippen molar-refractivity contribution in [2.45, 2.75) is 17.9 Å². The molecule has 27 heavy (non-hydrogen) atoms. The van der Waals surface area contributed by atoms with E-state index in [2.05, 4.69) is 10.3 Å². The van der Waals surface area contributed by atoms with Crippen molar-refractivity contribution >= 4 is 15.7 Å². The summed E-state index contributed by atoms with van der Waals surface area (Å²) in [4.78, 5) is 16.8. The van der Waals surface area contributed by atoms with Gasteiger partial charge in [0.15, 0.2) is 9.84 Å². The summed E-state index contributed by atoms with van der Waals surface area (Å²) in [6, 6.07) is 16.3. The van der Waals surface area contributed by atoms with Crippen LogP contribution in [0.1, 0.15) is 21.7 Å². The Labute approximate surface area is 158 Å². The molecule has 0 atom stereocenters. The van der Waals surface area contributed by atoms with Crippen LogP contribution in [0.4, 0.5) is 0 Å². The highest BCUT2D eigenvalue weighted by Gasteiger charge is 2.17. The van der Waals surface area contributed by atoms with Crippen molar-refractivity contribution in [3.63, 3.8) is 0 Å². The number of carbonyl (C=O) groups is 1. The van der Waals surface area contributed by atoms with Crippen molar-refractivity contribution < 1.29 is 13.2 Å². The molecule has 0 aliphatic heterocycles. The van der Waals surface area contributed by atoms with Gasteiger partial charge in [-0.2, -0.15) is 0 Å². The fourth-order valence-corrected chi connectivity index (χ4v) is 3.74. The highest BCUT2D eigenvalue weighted by molar-refractivity contribution is 7.90. The lowest BCUT2D eigenvalue weighted by atomic mass is 10.2. The van der Waals surface area contributed by atoms with Crippen molar-refractivity contribution in [3.8, 4) is 0 Å². The summed E-state index contributed by atoms with van der Waals surface area (Å²) in [5.74, 6) is 0.452. The normalized spacial score (nSPS) is 11.3. The summed E-state index contributed by atoms with van der Waals surface area (Å²) < 4.78 is 25.7. The number of imidazole rings is 1. The first kappa shape index (κ1) is 18.8. The van der Waals surface area contributed by atoms with Gasteiger partial charge in [-0.05, 0) is 17.7 Å². The molecule has 140 valence electrons. The van der Waals surface area contributed by atoms with E-state index < -0.39 is 15.7 Å². The molecule has 0 saturated carbocycles. The average molecular weight is 383 g/mol.